The van der Waals surface area contributed by atoms with Gasteiger partial charge in [0.05, 0.1) is 13.0 Å². The van der Waals surface area contributed by atoms with E-state index in [-0.39, 0.29) is 17.8 Å². The summed E-state index contributed by atoms with van der Waals surface area (Å²) in [7, 11) is 0. The van der Waals surface area contributed by atoms with Gasteiger partial charge in [0.25, 0.3) is 0 Å². The maximum atomic E-state index is 11.8. The first-order valence-electron chi connectivity index (χ1n) is 5.97. The summed E-state index contributed by atoms with van der Waals surface area (Å²) in [6.45, 7) is 2.16. The highest BCUT2D eigenvalue weighted by atomic mass is 16.5. The number of pyridine rings is 1. The van der Waals surface area contributed by atoms with Crippen LogP contribution < -0.4 is 5.43 Å². The summed E-state index contributed by atoms with van der Waals surface area (Å²) in [5, 5.41) is 0.664. The molecule has 94 valence electrons. The number of esters is 1. The molecule has 2 aromatic rings. The summed E-state index contributed by atoms with van der Waals surface area (Å²) in [6, 6.07) is 8.87. The Morgan fingerprint density at radius 2 is 2.11 bits per heavy atom. The Morgan fingerprint density at radius 3 is 2.89 bits per heavy atom. The van der Waals surface area contributed by atoms with Crippen molar-refractivity contribution in [1.82, 2.24) is 4.98 Å². The first kappa shape index (κ1) is 12.4. The van der Waals surface area contributed by atoms with Crippen molar-refractivity contribution < 1.29 is 9.53 Å². The van der Waals surface area contributed by atoms with Gasteiger partial charge in [-0.25, -0.2) is 0 Å². The molecule has 0 aliphatic rings. The topological polar surface area (TPSA) is 59.2 Å². The fourth-order valence-electron chi connectivity index (χ4n) is 1.86. The van der Waals surface area contributed by atoms with Crippen LogP contribution >= 0.6 is 0 Å². The van der Waals surface area contributed by atoms with Crippen LogP contribution in [0.15, 0.2) is 35.1 Å². The Hall–Kier alpha value is -2.10. The van der Waals surface area contributed by atoms with E-state index in [0.717, 1.165) is 11.2 Å². The molecule has 0 saturated carbocycles. The van der Waals surface area contributed by atoms with Crippen molar-refractivity contribution in [1.29, 1.82) is 0 Å². The molecule has 0 radical (unpaired) electrons. The minimum Gasteiger partial charge on any atom is -0.466 e. The van der Waals surface area contributed by atoms with Crippen LogP contribution in [0.1, 0.15) is 19.0 Å². The molecule has 0 spiro atoms. The van der Waals surface area contributed by atoms with Gasteiger partial charge in [-0.3, -0.25) is 9.59 Å². The summed E-state index contributed by atoms with van der Waals surface area (Å²) in [5.41, 5.74) is 1.53. The number of aryl methyl sites for hydroxylation is 1. The number of aromatic amines is 1. The minimum absolute atomic E-state index is 0.0248. The van der Waals surface area contributed by atoms with Gasteiger partial charge in [0.2, 0.25) is 0 Å². The van der Waals surface area contributed by atoms with Gasteiger partial charge in [-0.15, -0.1) is 0 Å². The molecule has 2 rings (SSSR count). The molecular formula is C14H15NO3. The van der Waals surface area contributed by atoms with Gasteiger partial charge in [0.1, 0.15) is 0 Å². The van der Waals surface area contributed by atoms with Gasteiger partial charge in [-0.2, -0.15) is 0 Å². The van der Waals surface area contributed by atoms with Gasteiger partial charge >= 0.3 is 5.97 Å². The average molecular weight is 245 g/mol. The third kappa shape index (κ3) is 2.77. The molecule has 0 unspecified atom stereocenters. The first-order valence-corrected chi connectivity index (χ1v) is 5.97. The van der Waals surface area contributed by atoms with Crippen molar-refractivity contribution in [2.75, 3.05) is 6.61 Å². The quantitative estimate of drug-likeness (QED) is 0.838. The van der Waals surface area contributed by atoms with E-state index in [9.17, 15) is 9.59 Å². The number of hydrogen-bond acceptors (Lipinski definition) is 3. The second-order valence-corrected chi connectivity index (χ2v) is 4.01. The molecule has 4 heteroatoms. The van der Waals surface area contributed by atoms with Crippen LogP contribution in [0.25, 0.3) is 10.9 Å². The zero-order chi connectivity index (χ0) is 13.0. The SMILES string of the molecule is CCOC(=O)CCc1cc(=O)c2ccccc2[nH]1. The normalized spacial score (nSPS) is 10.5. The zero-order valence-electron chi connectivity index (χ0n) is 10.2. The molecule has 1 aromatic heterocycles. The number of aromatic nitrogens is 1. The maximum absolute atomic E-state index is 11.8. The van der Waals surface area contributed by atoms with Crippen LogP contribution in [0.5, 0.6) is 0 Å². The Bertz CT molecular complexity index is 616. The Labute approximate surface area is 105 Å². The van der Waals surface area contributed by atoms with Crippen molar-refractivity contribution >= 4 is 16.9 Å². The van der Waals surface area contributed by atoms with E-state index in [1.54, 1.807) is 19.1 Å². The lowest BCUT2D eigenvalue weighted by atomic mass is 10.1. The number of benzene rings is 1. The standard InChI is InChI=1S/C14H15NO3/c1-2-18-14(17)8-7-10-9-13(16)11-5-3-4-6-12(11)15-10/h3-6,9H,2,7-8H2,1H3,(H,15,16). The van der Waals surface area contributed by atoms with E-state index in [1.807, 2.05) is 18.2 Å². The summed E-state index contributed by atoms with van der Waals surface area (Å²) in [4.78, 5) is 26.2. The minimum atomic E-state index is -0.244. The van der Waals surface area contributed by atoms with E-state index < -0.39 is 0 Å². The van der Waals surface area contributed by atoms with Crippen LogP contribution in [0, 0.1) is 0 Å². The molecule has 0 saturated heterocycles. The second-order valence-electron chi connectivity index (χ2n) is 4.01. The van der Waals surface area contributed by atoms with Crippen molar-refractivity contribution in [3.05, 3.63) is 46.2 Å². The van der Waals surface area contributed by atoms with Crippen LogP contribution in [-0.2, 0) is 16.0 Å². The predicted octanol–water partition coefficient (Wildman–Crippen LogP) is 2.02. The maximum Gasteiger partial charge on any atom is 0.306 e. The van der Waals surface area contributed by atoms with E-state index in [0.29, 0.717) is 18.4 Å². The van der Waals surface area contributed by atoms with E-state index >= 15 is 0 Å². The van der Waals surface area contributed by atoms with Crippen molar-refractivity contribution in [3.8, 4) is 0 Å². The molecule has 0 fully saturated rings. The summed E-state index contributed by atoms with van der Waals surface area (Å²) in [6.07, 6.45) is 0.765. The van der Waals surface area contributed by atoms with E-state index in [2.05, 4.69) is 4.98 Å². The van der Waals surface area contributed by atoms with Gasteiger partial charge in [-0.1, -0.05) is 12.1 Å². The zero-order valence-corrected chi connectivity index (χ0v) is 10.2. The summed E-state index contributed by atoms with van der Waals surface area (Å²) >= 11 is 0. The number of nitrogens with one attached hydrogen (secondary N) is 1. The van der Waals surface area contributed by atoms with Crippen LogP contribution in [0.3, 0.4) is 0 Å². The highest BCUT2D eigenvalue weighted by molar-refractivity contribution is 5.78. The van der Waals surface area contributed by atoms with Gasteiger partial charge in [0.15, 0.2) is 5.43 Å². The second kappa shape index (κ2) is 5.49. The van der Waals surface area contributed by atoms with E-state index in [4.69, 9.17) is 4.74 Å². The third-order valence-corrected chi connectivity index (χ3v) is 2.70. The average Bonchev–Trinajstić information content (AvgIpc) is 2.37. The van der Waals surface area contributed by atoms with Crippen molar-refractivity contribution in [2.45, 2.75) is 19.8 Å². The summed E-state index contributed by atoms with van der Waals surface area (Å²) in [5.74, 6) is -0.244. The number of rotatable bonds is 4. The number of H-pyrrole nitrogens is 1. The largest absolute Gasteiger partial charge is 0.466 e. The molecule has 1 heterocycles. The van der Waals surface area contributed by atoms with Crippen molar-refractivity contribution in [2.24, 2.45) is 0 Å². The number of hydrogen-bond donors (Lipinski definition) is 1. The molecule has 0 aliphatic carbocycles. The summed E-state index contributed by atoms with van der Waals surface area (Å²) < 4.78 is 4.85. The number of carbonyl (C=O) groups is 1. The first-order chi connectivity index (χ1) is 8.70. The van der Waals surface area contributed by atoms with Gasteiger partial charge in [0, 0.05) is 22.7 Å². The number of ether oxygens (including phenoxy) is 1. The predicted molar refractivity (Wildman–Crippen MR) is 69.5 cm³/mol. The van der Waals surface area contributed by atoms with Crippen molar-refractivity contribution in [3.63, 3.8) is 0 Å². The molecule has 0 aliphatic heterocycles. The monoisotopic (exact) mass is 245 g/mol. The molecule has 0 amide bonds. The van der Waals surface area contributed by atoms with Gasteiger partial charge in [-0.05, 0) is 25.5 Å². The van der Waals surface area contributed by atoms with Gasteiger partial charge < -0.3 is 9.72 Å². The Morgan fingerprint density at radius 1 is 1.33 bits per heavy atom. The van der Waals surface area contributed by atoms with E-state index in [1.165, 1.54) is 0 Å². The van der Waals surface area contributed by atoms with Crippen LogP contribution in [0.2, 0.25) is 0 Å². The van der Waals surface area contributed by atoms with Crippen LogP contribution in [-0.4, -0.2) is 17.6 Å². The fourth-order valence-corrected chi connectivity index (χ4v) is 1.86. The molecule has 18 heavy (non-hydrogen) atoms. The molecule has 1 N–H and O–H groups in total. The molecule has 0 bridgehead atoms. The Balaban J connectivity index is 2.20. The Kier molecular flexibility index (Phi) is 3.77. The third-order valence-electron chi connectivity index (χ3n) is 2.70. The highest BCUT2D eigenvalue weighted by Gasteiger charge is 2.05. The fraction of sp³-hybridized carbons (Fsp3) is 0.286. The lowest BCUT2D eigenvalue weighted by Crippen LogP contribution is -2.09. The van der Waals surface area contributed by atoms with Crippen LogP contribution in [0.4, 0.5) is 0 Å². The smallest absolute Gasteiger partial charge is 0.306 e. The number of para-hydroxylation sites is 1. The number of fused-ring (bicyclic) bond motifs is 1. The number of carbonyl (C=O) groups excluding carboxylic acids is 1. The molecule has 1 aromatic carbocycles. The molecule has 4 nitrogen and oxygen atoms in total. The molecular weight excluding hydrogens is 230 g/mol. The lowest BCUT2D eigenvalue weighted by Gasteiger charge is -2.04. The molecule has 0 atom stereocenters. The highest BCUT2D eigenvalue weighted by Crippen LogP contribution is 2.08. The lowest BCUT2D eigenvalue weighted by molar-refractivity contribution is -0.143.